The van der Waals surface area contributed by atoms with Gasteiger partial charge in [-0.2, -0.15) is 0 Å². The Kier molecular flexibility index (Phi) is 4.07. The molecule has 2 aromatic rings. The van der Waals surface area contributed by atoms with Gasteiger partial charge in [0.15, 0.2) is 5.13 Å². The molecule has 0 aliphatic heterocycles. The topological polar surface area (TPSA) is 62.2 Å². The fraction of sp³-hybridized carbons (Fsp3) is 0.231. The maximum Gasteiger partial charge on any atom is 0.337 e. The van der Waals surface area contributed by atoms with Crippen LogP contribution >= 0.6 is 22.9 Å². The van der Waals surface area contributed by atoms with Crippen molar-refractivity contribution in [2.75, 3.05) is 5.32 Å². The fourth-order valence-electron chi connectivity index (χ4n) is 1.53. The molecule has 0 aliphatic rings. The summed E-state index contributed by atoms with van der Waals surface area (Å²) in [7, 11) is 0. The zero-order chi connectivity index (χ0) is 14.0. The second-order valence-electron chi connectivity index (χ2n) is 4.35. The molecule has 0 saturated heterocycles. The smallest absolute Gasteiger partial charge is 0.337 e. The number of rotatable bonds is 4. The van der Waals surface area contributed by atoms with Gasteiger partial charge in [0.1, 0.15) is 0 Å². The van der Waals surface area contributed by atoms with Crippen molar-refractivity contribution in [1.29, 1.82) is 0 Å². The molecular formula is C13H13ClN2O2S. The number of thiazole rings is 1. The van der Waals surface area contributed by atoms with Crippen molar-refractivity contribution in [2.45, 2.75) is 19.8 Å². The predicted octanol–water partition coefficient (Wildman–Crippen LogP) is 4.36. The maximum atomic E-state index is 11.2. The molecule has 2 rings (SSSR count). The number of nitrogens with one attached hydrogen (secondary N) is 1. The zero-order valence-corrected chi connectivity index (χ0v) is 12.0. The summed E-state index contributed by atoms with van der Waals surface area (Å²) >= 11 is 7.25. The normalized spacial score (nSPS) is 10.7. The minimum absolute atomic E-state index is 0.133. The van der Waals surface area contributed by atoms with Gasteiger partial charge in [0.25, 0.3) is 0 Å². The van der Waals surface area contributed by atoms with E-state index in [0.717, 1.165) is 5.69 Å². The number of carboxylic acid groups (broad SMARTS) is 1. The van der Waals surface area contributed by atoms with E-state index in [2.05, 4.69) is 24.1 Å². The Hall–Kier alpha value is -1.59. The van der Waals surface area contributed by atoms with Gasteiger partial charge >= 0.3 is 5.97 Å². The summed E-state index contributed by atoms with van der Waals surface area (Å²) in [5, 5.41) is 15.2. The first-order chi connectivity index (χ1) is 8.97. The van der Waals surface area contributed by atoms with E-state index in [1.807, 2.05) is 5.38 Å². The Labute approximate surface area is 120 Å². The molecule has 0 unspecified atom stereocenters. The van der Waals surface area contributed by atoms with Crippen LogP contribution in [-0.4, -0.2) is 16.1 Å². The first-order valence-electron chi connectivity index (χ1n) is 5.72. The van der Waals surface area contributed by atoms with Crippen molar-refractivity contribution in [3.8, 4) is 0 Å². The van der Waals surface area contributed by atoms with Crippen molar-refractivity contribution in [1.82, 2.24) is 4.98 Å². The fourth-order valence-corrected chi connectivity index (χ4v) is 2.58. The summed E-state index contributed by atoms with van der Waals surface area (Å²) in [5.74, 6) is -0.679. The number of hydrogen-bond acceptors (Lipinski definition) is 4. The highest BCUT2D eigenvalue weighted by atomic mass is 35.5. The number of carboxylic acids is 1. The van der Waals surface area contributed by atoms with Crippen molar-refractivity contribution >= 4 is 39.7 Å². The van der Waals surface area contributed by atoms with Crippen molar-refractivity contribution in [3.05, 3.63) is 39.9 Å². The molecule has 0 bridgehead atoms. The van der Waals surface area contributed by atoms with E-state index in [1.165, 1.54) is 17.4 Å². The average molecular weight is 297 g/mol. The van der Waals surface area contributed by atoms with Gasteiger partial charge in [0.2, 0.25) is 0 Å². The van der Waals surface area contributed by atoms with Crippen LogP contribution in [0.25, 0.3) is 0 Å². The second-order valence-corrected chi connectivity index (χ2v) is 5.65. The Bertz CT molecular complexity index is 610. The molecule has 0 amide bonds. The third-order valence-electron chi connectivity index (χ3n) is 2.57. The highest BCUT2D eigenvalue weighted by molar-refractivity contribution is 7.13. The largest absolute Gasteiger partial charge is 0.478 e. The van der Waals surface area contributed by atoms with Gasteiger partial charge in [-0.15, -0.1) is 11.3 Å². The highest BCUT2D eigenvalue weighted by Crippen LogP contribution is 2.28. The SMILES string of the molecule is CC(C)c1csc(Nc2ccc(Cl)cc2C(=O)O)n1. The summed E-state index contributed by atoms with van der Waals surface area (Å²) in [6, 6.07) is 4.71. The summed E-state index contributed by atoms with van der Waals surface area (Å²) in [6.07, 6.45) is 0. The van der Waals surface area contributed by atoms with Gasteiger partial charge in [-0.25, -0.2) is 9.78 Å². The first-order valence-corrected chi connectivity index (χ1v) is 6.98. The van der Waals surface area contributed by atoms with Gasteiger partial charge in [-0.05, 0) is 24.1 Å². The lowest BCUT2D eigenvalue weighted by Crippen LogP contribution is -2.02. The molecule has 0 aliphatic carbocycles. The lowest BCUT2D eigenvalue weighted by atomic mass is 10.2. The van der Waals surface area contributed by atoms with Crippen LogP contribution in [0.5, 0.6) is 0 Å². The van der Waals surface area contributed by atoms with E-state index in [-0.39, 0.29) is 5.56 Å². The Morgan fingerprint density at radius 3 is 2.79 bits per heavy atom. The average Bonchev–Trinajstić information content (AvgIpc) is 2.80. The summed E-state index contributed by atoms with van der Waals surface area (Å²) in [4.78, 5) is 15.6. The summed E-state index contributed by atoms with van der Waals surface area (Å²) in [6.45, 7) is 4.12. The molecule has 6 heteroatoms. The van der Waals surface area contributed by atoms with Crippen LogP contribution in [0, 0.1) is 0 Å². The quantitative estimate of drug-likeness (QED) is 0.880. The third kappa shape index (κ3) is 3.24. The zero-order valence-electron chi connectivity index (χ0n) is 10.5. The number of aromatic nitrogens is 1. The molecule has 19 heavy (non-hydrogen) atoms. The lowest BCUT2D eigenvalue weighted by molar-refractivity contribution is 0.0698. The van der Waals surface area contributed by atoms with Crippen LogP contribution in [0.1, 0.15) is 35.8 Å². The monoisotopic (exact) mass is 296 g/mol. The number of aromatic carboxylic acids is 1. The second kappa shape index (κ2) is 5.59. The third-order valence-corrected chi connectivity index (χ3v) is 3.58. The number of carbonyl (C=O) groups is 1. The van der Waals surface area contributed by atoms with Crippen molar-refractivity contribution in [3.63, 3.8) is 0 Å². The van der Waals surface area contributed by atoms with Crippen LogP contribution in [0.3, 0.4) is 0 Å². The number of halogens is 1. The number of nitrogens with zero attached hydrogens (tertiary/aromatic N) is 1. The molecule has 0 spiro atoms. The minimum Gasteiger partial charge on any atom is -0.478 e. The molecule has 4 nitrogen and oxygen atoms in total. The van der Waals surface area contributed by atoms with Gasteiger partial charge in [0, 0.05) is 10.4 Å². The van der Waals surface area contributed by atoms with Crippen LogP contribution in [0.15, 0.2) is 23.6 Å². The maximum absolute atomic E-state index is 11.2. The highest BCUT2D eigenvalue weighted by Gasteiger charge is 2.13. The molecule has 0 radical (unpaired) electrons. The van der Waals surface area contributed by atoms with Gasteiger partial charge in [0.05, 0.1) is 16.9 Å². The van der Waals surface area contributed by atoms with Crippen LogP contribution in [0.2, 0.25) is 5.02 Å². The molecule has 100 valence electrons. The molecule has 1 aromatic heterocycles. The van der Waals surface area contributed by atoms with Crippen LogP contribution < -0.4 is 5.32 Å². The Balaban J connectivity index is 2.29. The molecule has 1 heterocycles. The van der Waals surface area contributed by atoms with Gasteiger partial charge in [-0.3, -0.25) is 0 Å². The predicted molar refractivity (Wildman–Crippen MR) is 77.9 cm³/mol. The van der Waals surface area contributed by atoms with Crippen molar-refractivity contribution < 1.29 is 9.90 Å². The molecule has 0 saturated carbocycles. The molecular weight excluding hydrogens is 284 g/mol. The van der Waals surface area contributed by atoms with E-state index < -0.39 is 5.97 Å². The standard InChI is InChI=1S/C13H13ClN2O2S/c1-7(2)11-6-19-13(16-11)15-10-4-3-8(14)5-9(10)12(17)18/h3-7H,1-2H3,(H,15,16)(H,17,18). The molecule has 0 atom stereocenters. The van der Waals surface area contributed by atoms with E-state index in [9.17, 15) is 4.79 Å². The van der Waals surface area contributed by atoms with Crippen molar-refractivity contribution in [2.24, 2.45) is 0 Å². The first kappa shape index (κ1) is 13.8. The van der Waals surface area contributed by atoms with E-state index in [0.29, 0.717) is 21.8 Å². The number of hydrogen-bond donors (Lipinski definition) is 2. The van der Waals surface area contributed by atoms with E-state index in [1.54, 1.807) is 12.1 Å². The van der Waals surface area contributed by atoms with Gasteiger partial charge < -0.3 is 10.4 Å². The number of benzene rings is 1. The molecule has 0 fully saturated rings. The summed E-state index contributed by atoms with van der Waals surface area (Å²) < 4.78 is 0. The summed E-state index contributed by atoms with van der Waals surface area (Å²) in [5.41, 5.74) is 1.61. The minimum atomic E-state index is -1.02. The molecule has 1 aromatic carbocycles. The van der Waals surface area contributed by atoms with Crippen LogP contribution in [0.4, 0.5) is 10.8 Å². The lowest BCUT2D eigenvalue weighted by Gasteiger charge is -2.07. The van der Waals surface area contributed by atoms with E-state index in [4.69, 9.17) is 16.7 Å². The van der Waals surface area contributed by atoms with Gasteiger partial charge in [-0.1, -0.05) is 25.4 Å². The number of anilines is 2. The Morgan fingerprint density at radius 1 is 1.47 bits per heavy atom. The Morgan fingerprint density at radius 2 is 2.21 bits per heavy atom. The van der Waals surface area contributed by atoms with Crippen LogP contribution in [-0.2, 0) is 0 Å². The molecule has 2 N–H and O–H groups in total. The van der Waals surface area contributed by atoms with E-state index >= 15 is 0 Å².